The van der Waals surface area contributed by atoms with Gasteiger partial charge in [0.2, 0.25) is 0 Å². The maximum atomic E-state index is 13.2. The van der Waals surface area contributed by atoms with Gasteiger partial charge < -0.3 is 30.6 Å². The van der Waals surface area contributed by atoms with Crippen LogP contribution in [0.15, 0.2) is 11.6 Å². The summed E-state index contributed by atoms with van der Waals surface area (Å²) in [6, 6.07) is 0. The Morgan fingerprint density at radius 2 is 1.71 bits per heavy atom. The van der Waals surface area contributed by atoms with Crippen molar-refractivity contribution in [2.24, 2.45) is 28.6 Å². The van der Waals surface area contributed by atoms with Crippen LogP contribution in [0.1, 0.15) is 86.0 Å². The molecule has 0 aromatic heterocycles. The highest BCUT2D eigenvalue weighted by Crippen LogP contribution is 2.68. The maximum absolute atomic E-state index is 13.2. The fraction of sp³-hybridized carbons (Fsp3) is 0.889. The summed E-state index contributed by atoms with van der Waals surface area (Å²) < 4.78 is 0. The van der Waals surface area contributed by atoms with Crippen LogP contribution >= 0.6 is 0 Å². The van der Waals surface area contributed by atoms with Gasteiger partial charge in [0, 0.05) is 11.3 Å². The zero-order valence-corrected chi connectivity index (χ0v) is 21.3. The highest BCUT2D eigenvalue weighted by atomic mass is 16.3. The van der Waals surface area contributed by atoms with Crippen LogP contribution in [0.25, 0.3) is 0 Å². The van der Waals surface area contributed by atoms with Gasteiger partial charge in [0.25, 0.3) is 0 Å². The molecule has 0 radical (unpaired) electrons. The minimum atomic E-state index is -1.46. The average molecular weight is 481 g/mol. The molecule has 7 heteroatoms. The predicted octanol–water partition coefficient (Wildman–Crippen LogP) is 1.85. The van der Waals surface area contributed by atoms with Crippen LogP contribution in [-0.2, 0) is 4.79 Å². The van der Waals surface area contributed by atoms with E-state index < -0.39 is 45.9 Å². The first-order valence-corrected chi connectivity index (χ1v) is 12.9. The van der Waals surface area contributed by atoms with Crippen LogP contribution in [0.2, 0.25) is 0 Å². The summed E-state index contributed by atoms with van der Waals surface area (Å²) in [6.07, 6.45) is 2.11. The number of hydrogen-bond donors (Lipinski definition) is 6. The van der Waals surface area contributed by atoms with E-state index in [1.54, 1.807) is 26.8 Å². The molecule has 0 spiro atoms. The van der Waals surface area contributed by atoms with E-state index in [2.05, 4.69) is 0 Å². The van der Waals surface area contributed by atoms with E-state index in [9.17, 15) is 35.4 Å². The lowest BCUT2D eigenvalue weighted by Gasteiger charge is -2.60. The zero-order valence-electron chi connectivity index (χ0n) is 21.3. The van der Waals surface area contributed by atoms with Crippen molar-refractivity contribution in [3.63, 3.8) is 0 Å². The maximum Gasteiger partial charge on any atom is 0.159 e. The SMILES string of the molecule is CC(C)(O)CC[C@@H](O)[C@@](C)(O)C1CC[C@]2(O)C3=CC(=O)[C@@H]4C[C@@H](O)[C@@H](O)C[C@]4(C)C3CC[C@]12C. The average Bonchev–Trinajstić information content (AvgIpc) is 3.00. The van der Waals surface area contributed by atoms with Gasteiger partial charge in [0.1, 0.15) is 0 Å². The Bertz CT molecular complexity index is 860. The Morgan fingerprint density at radius 3 is 2.32 bits per heavy atom. The van der Waals surface area contributed by atoms with Crippen molar-refractivity contribution in [2.75, 3.05) is 0 Å². The molecule has 0 amide bonds. The highest BCUT2D eigenvalue weighted by Gasteiger charge is 2.69. The lowest BCUT2D eigenvalue weighted by Crippen LogP contribution is -2.62. The Balaban J connectivity index is 1.66. The van der Waals surface area contributed by atoms with Crippen LogP contribution in [0.5, 0.6) is 0 Å². The third-order valence-corrected chi connectivity index (χ3v) is 10.5. The van der Waals surface area contributed by atoms with Crippen molar-refractivity contribution < 1.29 is 35.4 Å². The van der Waals surface area contributed by atoms with E-state index in [1.165, 1.54) is 0 Å². The van der Waals surface area contributed by atoms with Crippen molar-refractivity contribution in [1.82, 2.24) is 0 Å². The van der Waals surface area contributed by atoms with Crippen molar-refractivity contribution in [3.8, 4) is 0 Å². The summed E-state index contributed by atoms with van der Waals surface area (Å²) in [5, 5.41) is 65.5. The van der Waals surface area contributed by atoms with Gasteiger partial charge in [-0.15, -0.1) is 0 Å². The van der Waals surface area contributed by atoms with Gasteiger partial charge in [-0.3, -0.25) is 4.79 Å². The quantitative estimate of drug-likeness (QED) is 0.353. The van der Waals surface area contributed by atoms with E-state index in [4.69, 9.17) is 0 Å². The molecule has 34 heavy (non-hydrogen) atoms. The number of carbonyl (C=O) groups is 1. The molecule has 2 unspecified atom stereocenters. The minimum absolute atomic E-state index is 0.0840. The first kappa shape index (κ1) is 26.2. The molecular formula is C27H44O7. The molecule has 0 aromatic rings. The third kappa shape index (κ3) is 3.73. The molecule has 7 nitrogen and oxygen atoms in total. The van der Waals surface area contributed by atoms with Crippen molar-refractivity contribution in [1.29, 1.82) is 0 Å². The molecular weight excluding hydrogens is 436 g/mol. The smallest absolute Gasteiger partial charge is 0.159 e. The van der Waals surface area contributed by atoms with Crippen molar-refractivity contribution >= 4 is 5.78 Å². The largest absolute Gasteiger partial charge is 0.390 e. The van der Waals surface area contributed by atoms with Gasteiger partial charge >= 0.3 is 0 Å². The van der Waals surface area contributed by atoms with Crippen LogP contribution in [0, 0.1) is 28.6 Å². The van der Waals surface area contributed by atoms with Crippen molar-refractivity contribution in [3.05, 3.63) is 11.6 Å². The van der Waals surface area contributed by atoms with Gasteiger partial charge in [-0.25, -0.2) is 0 Å². The zero-order chi connectivity index (χ0) is 25.5. The van der Waals surface area contributed by atoms with Gasteiger partial charge in [0.05, 0.1) is 35.1 Å². The standard InChI is InChI=1S/C27H44O7/c1-23(2,32)9-8-22(31)26(5,33)21-7-11-27(34)16-12-18(28)17-13-19(29)20(30)14-24(17,3)15(16)6-10-25(21,27)4/h12,15,17,19-22,29-34H,6-11,13-14H2,1-5H3/t15?,17-,19+,20-,21?,22+,24+,25+,26-,27-/m0/s1. The first-order valence-electron chi connectivity index (χ1n) is 12.9. The van der Waals surface area contributed by atoms with E-state index >= 15 is 0 Å². The number of fused-ring (bicyclic) bond motifs is 5. The van der Waals surface area contributed by atoms with E-state index in [1.807, 2.05) is 13.8 Å². The summed E-state index contributed by atoms with van der Waals surface area (Å²) in [5.74, 6) is -0.948. The molecule has 3 fully saturated rings. The lowest BCUT2D eigenvalue weighted by molar-refractivity contribution is -0.177. The van der Waals surface area contributed by atoms with Crippen molar-refractivity contribution in [2.45, 2.75) is 121 Å². The first-order chi connectivity index (χ1) is 15.5. The van der Waals surface area contributed by atoms with E-state index in [0.29, 0.717) is 44.1 Å². The number of ketones is 1. The summed E-state index contributed by atoms with van der Waals surface area (Å²) in [4.78, 5) is 13.2. The number of aliphatic hydroxyl groups excluding tert-OH is 3. The molecule has 0 aliphatic heterocycles. The Kier molecular flexibility index (Phi) is 6.24. The molecule has 0 aromatic carbocycles. The summed E-state index contributed by atoms with van der Waals surface area (Å²) in [7, 11) is 0. The fourth-order valence-electron chi connectivity index (χ4n) is 8.32. The molecule has 0 bridgehead atoms. The van der Waals surface area contributed by atoms with Crippen LogP contribution in [-0.4, -0.2) is 71.5 Å². The topological polar surface area (TPSA) is 138 Å². The van der Waals surface area contributed by atoms with E-state index in [-0.39, 0.29) is 36.4 Å². The Morgan fingerprint density at radius 1 is 1.06 bits per heavy atom. The second kappa shape index (κ2) is 8.09. The number of hydrogen-bond acceptors (Lipinski definition) is 7. The molecule has 194 valence electrons. The molecule has 3 saturated carbocycles. The predicted molar refractivity (Wildman–Crippen MR) is 127 cm³/mol. The monoisotopic (exact) mass is 480 g/mol. The minimum Gasteiger partial charge on any atom is -0.390 e. The number of rotatable bonds is 5. The normalized spacial score (nSPS) is 47.2. The Labute approximate surface area is 202 Å². The number of aliphatic hydroxyl groups is 6. The number of allylic oxidation sites excluding steroid dienone is 1. The molecule has 0 heterocycles. The summed E-state index contributed by atoms with van der Waals surface area (Å²) in [5.41, 5.74) is -4.27. The molecule has 4 rings (SSSR count). The third-order valence-electron chi connectivity index (χ3n) is 10.5. The van der Waals surface area contributed by atoms with Crippen LogP contribution < -0.4 is 0 Å². The fourth-order valence-corrected chi connectivity index (χ4v) is 8.32. The summed E-state index contributed by atoms with van der Waals surface area (Å²) >= 11 is 0. The van der Waals surface area contributed by atoms with Gasteiger partial charge in [-0.05, 0) is 101 Å². The molecule has 0 saturated heterocycles. The second-order valence-corrected chi connectivity index (χ2v) is 13.2. The van der Waals surface area contributed by atoms with Crippen LogP contribution in [0.3, 0.4) is 0 Å². The molecule has 10 atom stereocenters. The number of carbonyl (C=O) groups excluding carboxylic acids is 1. The van der Waals surface area contributed by atoms with Gasteiger partial charge in [-0.1, -0.05) is 13.8 Å². The van der Waals surface area contributed by atoms with E-state index in [0.717, 1.165) is 0 Å². The Hall–Kier alpha value is -0.830. The van der Waals surface area contributed by atoms with Gasteiger partial charge in [-0.2, -0.15) is 0 Å². The molecule has 6 N–H and O–H groups in total. The lowest BCUT2D eigenvalue weighted by atomic mass is 9.45. The second-order valence-electron chi connectivity index (χ2n) is 13.2. The molecule has 4 aliphatic rings. The van der Waals surface area contributed by atoms with Gasteiger partial charge in [0.15, 0.2) is 5.78 Å². The molecule has 4 aliphatic carbocycles. The summed E-state index contributed by atoms with van der Waals surface area (Å²) in [6.45, 7) is 8.96. The van der Waals surface area contributed by atoms with Crippen LogP contribution in [0.4, 0.5) is 0 Å². The highest BCUT2D eigenvalue weighted by molar-refractivity contribution is 5.95.